The number of rotatable bonds is 2. The lowest BCUT2D eigenvalue weighted by Gasteiger charge is -2.32. The molecule has 1 N–H and O–H groups in total. The lowest BCUT2D eigenvalue weighted by Crippen LogP contribution is -2.41. The first-order valence-electron chi connectivity index (χ1n) is 8.52. The normalized spacial score (nSPS) is 20.0. The van der Waals surface area contributed by atoms with Crippen LogP contribution in [0.2, 0.25) is 0 Å². The minimum atomic E-state index is -0.262. The van der Waals surface area contributed by atoms with E-state index in [0.717, 1.165) is 49.1 Å². The monoisotopic (exact) mass is 324 g/mol. The second-order valence-electron chi connectivity index (χ2n) is 6.59. The molecule has 4 rings (SSSR count). The molecule has 6 heteroatoms. The molecule has 0 unspecified atom stereocenters. The molecular formula is C18H20N4O2. The summed E-state index contributed by atoms with van der Waals surface area (Å²) in [6.45, 7) is 1.28. The van der Waals surface area contributed by atoms with Crippen LogP contribution in [0, 0.1) is 0 Å². The zero-order valence-electron chi connectivity index (χ0n) is 13.5. The van der Waals surface area contributed by atoms with E-state index in [-0.39, 0.29) is 22.9 Å². The number of hydrogen-bond acceptors (Lipinski definition) is 4. The van der Waals surface area contributed by atoms with E-state index < -0.39 is 0 Å². The van der Waals surface area contributed by atoms with E-state index >= 15 is 0 Å². The Hall–Kier alpha value is -2.50. The third-order valence-electron chi connectivity index (χ3n) is 5.03. The minimum Gasteiger partial charge on any atom is -0.338 e. The van der Waals surface area contributed by atoms with E-state index in [1.807, 2.05) is 0 Å². The number of carbonyl (C=O) groups excluding carboxylic acids is 1. The molecule has 0 saturated carbocycles. The highest BCUT2D eigenvalue weighted by molar-refractivity contribution is 5.94. The largest absolute Gasteiger partial charge is 0.338 e. The molecule has 0 spiro atoms. The van der Waals surface area contributed by atoms with Crippen LogP contribution < -0.4 is 5.56 Å². The third kappa shape index (κ3) is 2.72. The molecule has 2 aliphatic rings. The lowest BCUT2D eigenvalue weighted by molar-refractivity contribution is 0.0704. The zero-order chi connectivity index (χ0) is 16.5. The van der Waals surface area contributed by atoms with Crippen molar-refractivity contribution in [3.05, 3.63) is 57.5 Å². The predicted octanol–water partition coefficient (Wildman–Crippen LogP) is 1.67. The summed E-state index contributed by atoms with van der Waals surface area (Å²) >= 11 is 0. The summed E-state index contributed by atoms with van der Waals surface area (Å²) in [4.78, 5) is 38.3. The van der Waals surface area contributed by atoms with E-state index in [1.165, 1.54) is 0 Å². The summed E-state index contributed by atoms with van der Waals surface area (Å²) in [5.41, 5.74) is 3.03. The van der Waals surface area contributed by atoms with Gasteiger partial charge in [0, 0.05) is 43.3 Å². The van der Waals surface area contributed by atoms with Gasteiger partial charge >= 0.3 is 0 Å². The Kier molecular flexibility index (Phi) is 3.88. The van der Waals surface area contributed by atoms with Gasteiger partial charge in [0.05, 0.1) is 5.69 Å². The number of likely N-dealkylation sites (tertiary alicyclic amines) is 1. The minimum absolute atomic E-state index is 0.167. The third-order valence-corrected chi connectivity index (χ3v) is 5.03. The number of aromatic amines is 1. The number of pyridine rings is 1. The molecule has 0 bridgehead atoms. The number of carbonyl (C=O) groups is 1. The molecule has 24 heavy (non-hydrogen) atoms. The van der Waals surface area contributed by atoms with Crippen molar-refractivity contribution in [3.63, 3.8) is 0 Å². The maximum Gasteiger partial charge on any atom is 0.261 e. The van der Waals surface area contributed by atoms with Crippen LogP contribution in [-0.4, -0.2) is 38.8 Å². The van der Waals surface area contributed by atoms with Crippen LogP contribution in [0.4, 0.5) is 0 Å². The van der Waals surface area contributed by atoms with Gasteiger partial charge in [0.25, 0.3) is 11.5 Å². The van der Waals surface area contributed by atoms with Crippen molar-refractivity contribution in [2.24, 2.45) is 0 Å². The van der Waals surface area contributed by atoms with Crippen molar-refractivity contribution < 1.29 is 4.79 Å². The highest BCUT2D eigenvalue weighted by Gasteiger charge is 2.28. The van der Waals surface area contributed by atoms with Crippen LogP contribution in [0.1, 0.15) is 52.5 Å². The van der Waals surface area contributed by atoms with Crippen LogP contribution in [0.15, 0.2) is 29.5 Å². The SMILES string of the molecule is O=C(c1cc2c([nH]c1=O)CCC2)N1CCC[C@@H](c2cnccn2)C1. The average Bonchev–Trinajstić information content (AvgIpc) is 3.08. The Labute approximate surface area is 140 Å². The van der Waals surface area contributed by atoms with Gasteiger partial charge in [-0.05, 0) is 43.7 Å². The lowest BCUT2D eigenvalue weighted by atomic mass is 9.94. The second kappa shape index (κ2) is 6.19. The molecule has 1 amide bonds. The number of aryl methyl sites for hydroxylation is 2. The van der Waals surface area contributed by atoms with E-state index in [2.05, 4.69) is 15.0 Å². The molecule has 3 heterocycles. The quantitative estimate of drug-likeness (QED) is 0.911. The molecule has 6 nitrogen and oxygen atoms in total. The maximum absolute atomic E-state index is 12.9. The highest BCUT2D eigenvalue weighted by atomic mass is 16.2. The van der Waals surface area contributed by atoms with E-state index in [4.69, 9.17) is 0 Å². The van der Waals surface area contributed by atoms with Gasteiger partial charge in [0.1, 0.15) is 5.56 Å². The molecule has 1 fully saturated rings. The number of nitrogens with one attached hydrogen (secondary N) is 1. The molecule has 2 aromatic rings. The number of nitrogens with zero attached hydrogens (tertiary/aromatic N) is 3. The molecule has 0 radical (unpaired) electrons. The molecule has 1 aliphatic carbocycles. The highest BCUT2D eigenvalue weighted by Crippen LogP contribution is 2.26. The Morgan fingerprint density at radius 2 is 2.17 bits per heavy atom. The van der Waals surface area contributed by atoms with Gasteiger partial charge in [0.15, 0.2) is 0 Å². The first kappa shape index (κ1) is 15.1. The molecule has 1 atom stereocenters. The Morgan fingerprint density at radius 1 is 1.25 bits per heavy atom. The Bertz CT molecular complexity index is 816. The summed E-state index contributed by atoms with van der Waals surface area (Å²) in [5, 5.41) is 0. The van der Waals surface area contributed by atoms with Gasteiger partial charge < -0.3 is 9.88 Å². The number of fused-ring (bicyclic) bond motifs is 1. The van der Waals surface area contributed by atoms with Crippen molar-refractivity contribution in [2.45, 2.75) is 38.0 Å². The van der Waals surface area contributed by atoms with Gasteiger partial charge in [-0.15, -0.1) is 0 Å². The van der Waals surface area contributed by atoms with Crippen LogP contribution in [0.25, 0.3) is 0 Å². The average molecular weight is 324 g/mol. The second-order valence-corrected chi connectivity index (χ2v) is 6.59. The van der Waals surface area contributed by atoms with Gasteiger partial charge in [0.2, 0.25) is 0 Å². The fourth-order valence-electron chi connectivity index (χ4n) is 3.77. The Morgan fingerprint density at radius 3 is 3.00 bits per heavy atom. The van der Waals surface area contributed by atoms with E-state index in [0.29, 0.717) is 13.1 Å². The summed E-state index contributed by atoms with van der Waals surface area (Å²) in [6, 6.07) is 1.80. The maximum atomic E-state index is 12.9. The fraction of sp³-hybridized carbons (Fsp3) is 0.444. The summed E-state index contributed by atoms with van der Waals surface area (Å²) in [5.74, 6) is 0.0180. The number of aromatic nitrogens is 3. The van der Waals surface area contributed by atoms with Crippen molar-refractivity contribution >= 4 is 5.91 Å². The van der Waals surface area contributed by atoms with Gasteiger partial charge in [-0.3, -0.25) is 19.6 Å². The van der Waals surface area contributed by atoms with Gasteiger partial charge in [-0.25, -0.2) is 0 Å². The first-order valence-corrected chi connectivity index (χ1v) is 8.52. The van der Waals surface area contributed by atoms with Crippen molar-refractivity contribution in [2.75, 3.05) is 13.1 Å². The summed E-state index contributed by atoms with van der Waals surface area (Å²) in [6.07, 6.45) is 9.88. The van der Waals surface area contributed by atoms with Crippen molar-refractivity contribution in [1.82, 2.24) is 19.9 Å². The molecule has 1 aliphatic heterocycles. The van der Waals surface area contributed by atoms with Crippen LogP contribution in [-0.2, 0) is 12.8 Å². The predicted molar refractivity (Wildman–Crippen MR) is 89.0 cm³/mol. The van der Waals surface area contributed by atoms with Crippen LogP contribution in [0.3, 0.4) is 0 Å². The smallest absolute Gasteiger partial charge is 0.261 e. The molecule has 124 valence electrons. The number of hydrogen-bond donors (Lipinski definition) is 1. The number of piperidine rings is 1. The molecule has 0 aromatic carbocycles. The molecule has 2 aromatic heterocycles. The topological polar surface area (TPSA) is 79.0 Å². The first-order chi connectivity index (χ1) is 11.7. The van der Waals surface area contributed by atoms with Crippen molar-refractivity contribution in [3.8, 4) is 0 Å². The van der Waals surface area contributed by atoms with Crippen molar-refractivity contribution in [1.29, 1.82) is 0 Å². The zero-order valence-corrected chi connectivity index (χ0v) is 13.5. The van der Waals surface area contributed by atoms with Crippen LogP contribution in [0.5, 0.6) is 0 Å². The Balaban J connectivity index is 1.57. The van der Waals surface area contributed by atoms with Gasteiger partial charge in [-0.1, -0.05) is 0 Å². The fourth-order valence-corrected chi connectivity index (χ4v) is 3.77. The number of amides is 1. The number of H-pyrrole nitrogens is 1. The standard InChI is InChI=1S/C18H20N4O2/c23-17-14(9-12-3-1-5-15(12)21-17)18(24)22-8-2-4-13(11-22)16-10-19-6-7-20-16/h6-7,9-10,13H,1-5,8,11H2,(H,21,23)/t13-/m1/s1. The molecule has 1 saturated heterocycles. The van der Waals surface area contributed by atoms with E-state index in [9.17, 15) is 9.59 Å². The van der Waals surface area contributed by atoms with E-state index in [1.54, 1.807) is 29.6 Å². The van der Waals surface area contributed by atoms with Gasteiger partial charge in [-0.2, -0.15) is 0 Å². The van der Waals surface area contributed by atoms with Crippen LogP contribution >= 0.6 is 0 Å². The molecular weight excluding hydrogens is 304 g/mol. The summed E-state index contributed by atoms with van der Waals surface area (Å²) in [7, 11) is 0. The summed E-state index contributed by atoms with van der Waals surface area (Å²) < 4.78 is 0.